The number of hydrogen-bond acceptors (Lipinski definition) is 3. The average Bonchev–Trinajstić information content (AvgIpc) is 2.43. The molecule has 1 heterocycles. The first kappa shape index (κ1) is 11.3. The van der Waals surface area contributed by atoms with E-state index >= 15 is 0 Å². The summed E-state index contributed by atoms with van der Waals surface area (Å²) in [5.41, 5.74) is 6.63. The van der Waals surface area contributed by atoms with Gasteiger partial charge < -0.3 is 11.1 Å². The van der Waals surface area contributed by atoms with Crippen LogP contribution >= 0.6 is 0 Å². The van der Waals surface area contributed by atoms with Crippen molar-refractivity contribution in [3.8, 4) is 0 Å². The molecule has 0 radical (unpaired) electrons. The Morgan fingerprint density at radius 3 is 2.88 bits per heavy atom. The standard InChI is InChI=1S/C12H22N4/c1-9-4-3-5-10(7-6-9)14-12-11(13)8-16(2)15-12/h8-10H,3-7,13H2,1-2H3,(H,14,15). The predicted octanol–water partition coefficient (Wildman–Crippen LogP) is 2.38. The van der Waals surface area contributed by atoms with Crippen molar-refractivity contribution in [1.29, 1.82) is 0 Å². The zero-order valence-corrected chi connectivity index (χ0v) is 10.2. The number of aryl methyl sites for hydroxylation is 1. The quantitative estimate of drug-likeness (QED) is 0.755. The van der Waals surface area contributed by atoms with Crippen molar-refractivity contribution in [2.75, 3.05) is 11.1 Å². The fraction of sp³-hybridized carbons (Fsp3) is 0.750. The minimum atomic E-state index is 0.544. The molecule has 0 amide bonds. The third-order valence-electron chi connectivity index (χ3n) is 3.46. The number of anilines is 2. The van der Waals surface area contributed by atoms with Gasteiger partial charge in [-0.1, -0.05) is 19.8 Å². The van der Waals surface area contributed by atoms with Crippen LogP contribution in [0.25, 0.3) is 0 Å². The summed E-state index contributed by atoms with van der Waals surface area (Å²) in [5, 5.41) is 7.81. The summed E-state index contributed by atoms with van der Waals surface area (Å²) in [6, 6.07) is 0.544. The highest BCUT2D eigenvalue weighted by molar-refractivity contribution is 5.60. The number of rotatable bonds is 2. The van der Waals surface area contributed by atoms with Crippen LogP contribution in [0.15, 0.2) is 6.20 Å². The summed E-state index contributed by atoms with van der Waals surface area (Å²) in [7, 11) is 1.90. The van der Waals surface area contributed by atoms with Crippen molar-refractivity contribution in [3.63, 3.8) is 0 Å². The number of nitrogens with one attached hydrogen (secondary N) is 1. The van der Waals surface area contributed by atoms with Crippen LogP contribution in [-0.4, -0.2) is 15.8 Å². The molecule has 4 heteroatoms. The Balaban J connectivity index is 1.96. The number of hydrogen-bond donors (Lipinski definition) is 2. The molecular formula is C12H22N4. The van der Waals surface area contributed by atoms with Crippen LogP contribution < -0.4 is 11.1 Å². The lowest BCUT2D eigenvalue weighted by Gasteiger charge is -2.16. The van der Waals surface area contributed by atoms with Gasteiger partial charge in [0.05, 0.1) is 5.69 Å². The highest BCUT2D eigenvalue weighted by Crippen LogP contribution is 2.26. The van der Waals surface area contributed by atoms with Gasteiger partial charge in [0.15, 0.2) is 5.82 Å². The minimum absolute atomic E-state index is 0.544. The van der Waals surface area contributed by atoms with Gasteiger partial charge in [0, 0.05) is 19.3 Å². The van der Waals surface area contributed by atoms with E-state index in [-0.39, 0.29) is 0 Å². The summed E-state index contributed by atoms with van der Waals surface area (Å²) in [4.78, 5) is 0. The van der Waals surface area contributed by atoms with Gasteiger partial charge in [0.1, 0.15) is 0 Å². The number of aromatic nitrogens is 2. The lowest BCUT2D eigenvalue weighted by atomic mass is 10.0. The molecule has 90 valence electrons. The Bertz CT molecular complexity index is 345. The van der Waals surface area contributed by atoms with Crippen molar-refractivity contribution in [1.82, 2.24) is 9.78 Å². The number of nitrogens with two attached hydrogens (primary N) is 1. The van der Waals surface area contributed by atoms with E-state index in [1.807, 2.05) is 13.2 Å². The monoisotopic (exact) mass is 222 g/mol. The average molecular weight is 222 g/mol. The normalized spacial score (nSPS) is 26.4. The molecule has 1 fully saturated rings. The molecular weight excluding hydrogens is 200 g/mol. The lowest BCUT2D eigenvalue weighted by Crippen LogP contribution is -2.19. The van der Waals surface area contributed by atoms with Gasteiger partial charge in [-0.05, 0) is 25.2 Å². The summed E-state index contributed by atoms with van der Waals surface area (Å²) >= 11 is 0. The molecule has 2 atom stereocenters. The zero-order chi connectivity index (χ0) is 11.5. The minimum Gasteiger partial charge on any atom is -0.394 e. The van der Waals surface area contributed by atoms with Crippen molar-refractivity contribution < 1.29 is 0 Å². The molecule has 1 aromatic rings. The molecule has 4 nitrogen and oxygen atoms in total. The van der Waals surface area contributed by atoms with Crippen molar-refractivity contribution in [2.45, 2.75) is 45.1 Å². The second kappa shape index (κ2) is 4.76. The number of nitrogen functional groups attached to an aromatic ring is 1. The Labute approximate surface area is 97.2 Å². The highest BCUT2D eigenvalue weighted by Gasteiger charge is 2.17. The lowest BCUT2D eigenvalue weighted by molar-refractivity contribution is 0.501. The molecule has 0 aromatic carbocycles. The molecule has 0 bridgehead atoms. The van der Waals surface area contributed by atoms with Crippen LogP contribution in [0, 0.1) is 5.92 Å². The maximum absolute atomic E-state index is 5.88. The third-order valence-corrected chi connectivity index (χ3v) is 3.46. The summed E-state index contributed by atoms with van der Waals surface area (Å²) in [5.74, 6) is 1.72. The second-order valence-corrected chi connectivity index (χ2v) is 5.06. The van der Waals surface area contributed by atoms with Crippen LogP contribution in [0.3, 0.4) is 0 Å². The molecule has 16 heavy (non-hydrogen) atoms. The Kier molecular flexibility index (Phi) is 3.36. The Morgan fingerprint density at radius 2 is 2.19 bits per heavy atom. The SMILES string of the molecule is CC1CCCC(Nc2nn(C)cc2N)CC1. The van der Waals surface area contributed by atoms with Gasteiger partial charge in [-0.15, -0.1) is 0 Å². The summed E-state index contributed by atoms with van der Waals surface area (Å²) < 4.78 is 1.76. The van der Waals surface area contributed by atoms with Crippen molar-refractivity contribution in [3.05, 3.63) is 6.20 Å². The molecule has 1 aromatic heterocycles. The maximum atomic E-state index is 5.88. The van der Waals surface area contributed by atoms with E-state index in [9.17, 15) is 0 Å². The van der Waals surface area contributed by atoms with Gasteiger partial charge in [0.2, 0.25) is 0 Å². The summed E-state index contributed by atoms with van der Waals surface area (Å²) in [6.07, 6.45) is 8.30. The van der Waals surface area contributed by atoms with Gasteiger partial charge >= 0.3 is 0 Å². The van der Waals surface area contributed by atoms with Crippen molar-refractivity contribution >= 4 is 11.5 Å². The topological polar surface area (TPSA) is 55.9 Å². The molecule has 1 aliphatic rings. The molecule has 0 aliphatic heterocycles. The fourth-order valence-corrected chi connectivity index (χ4v) is 2.44. The van der Waals surface area contributed by atoms with E-state index in [1.54, 1.807) is 4.68 Å². The predicted molar refractivity (Wildman–Crippen MR) is 67.3 cm³/mol. The van der Waals surface area contributed by atoms with E-state index in [0.717, 1.165) is 17.4 Å². The molecule has 3 N–H and O–H groups in total. The largest absolute Gasteiger partial charge is 0.394 e. The smallest absolute Gasteiger partial charge is 0.171 e. The van der Waals surface area contributed by atoms with Gasteiger partial charge in [-0.2, -0.15) is 5.10 Å². The molecule has 0 spiro atoms. The second-order valence-electron chi connectivity index (χ2n) is 5.06. The van der Waals surface area contributed by atoms with Crippen LogP contribution in [0.2, 0.25) is 0 Å². The van der Waals surface area contributed by atoms with Gasteiger partial charge in [0.25, 0.3) is 0 Å². The van der Waals surface area contributed by atoms with E-state index in [2.05, 4.69) is 17.3 Å². The first-order chi connectivity index (χ1) is 7.65. The van der Waals surface area contributed by atoms with E-state index in [1.165, 1.54) is 32.1 Å². The van der Waals surface area contributed by atoms with Crippen LogP contribution in [0.4, 0.5) is 11.5 Å². The first-order valence-electron chi connectivity index (χ1n) is 6.21. The molecule has 2 unspecified atom stereocenters. The Morgan fingerprint density at radius 1 is 1.38 bits per heavy atom. The van der Waals surface area contributed by atoms with Crippen LogP contribution in [-0.2, 0) is 7.05 Å². The van der Waals surface area contributed by atoms with Crippen LogP contribution in [0.5, 0.6) is 0 Å². The molecule has 2 rings (SSSR count). The molecule has 1 aliphatic carbocycles. The van der Waals surface area contributed by atoms with Gasteiger partial charge in [-0.3, -0.25) is 4.68 Å². The summed E-state index contributed by atoms with van der Waals surface area (Å²) in [6.45, 7) is 2.34. The molecule has 1 saturated carbocycles. The van der Waals surface area contributed by atoms with E-state index < -0.39 is 0 Å². The van der Waals surface area contributed by atoms with E-state index in [4.69, 9.17) is 5.73 Å². The first-order valence-corrected chi connectivity index (χ1v) is 6.21. The molecule has 0 saturated heterocycles. The number of nitrogens with zero attached hydrogens (tertiary/aromatic N) is 2. The maximum Gasteiger partial charge on any atom is 0.171 e. The Hall–Kier alpha value is -1.19. The zero-order valence-electron chi connectivity index (χ0n) is 10.2. The fourth-order valence-electron chi connectivity index (χ4n) is 2.44. The van der Waals surface area contributed by atoms with E-state index in [0.29, 0.717) is 6.04 Å². The van der Waals surface area contributed by atoms with Crippen LogP contribution in [0.1, 0.15) is 39.0 Å². The van der Waals surface area contributed by atoms with Crippen molar-refractivity contribution in [2.24, 2.45) is 13.0 Å². The van der Waals surface area contributed by atoms with Gasteiger partial charge in [-0.25, -0.2) is 0 Å². The third kappa shape index (κ3) is 2.68. The highest BCUT2D eigenvalue weighted by atomic mass is 15.3.